The van der Waals surface area contributed by atoms with Gasteiger partial charge in [0, 0.05) is 22.1 Å². The van der Waals surface area contributed by atoms with Crippen LogP contribution in [-0.2, 0) is 10.0 Å². The van der Waals surface area contributed by atoms with Crippen LogP contribution in [-0.4, -0.2) is 25.2 Å². The molecule has 0 bridgehead atoms. The van der Waals surface area contributed by atoms with Crippen LogP contribution in [0.4, 0.5) is 4.39 Å². The van der Waals surface area contributed by atoms with E-state index in [9.17, 15) is 12.8 Å². The molecule has 5 rings (SSSR count). The monoisotopic (exact) mass is 432 g/mol. The zero-order valence-electron chi connectivity index (χ0n) is 16.9. The van der Waals surface area contributed by atoms with E-state index in [0.717, 1.165) is 23.2 Å². The van der Waals surface area contributed by atoms with E-state index < -0.39 is 10.0 Å². The second kappa shape index (κ2) is 7.89. The molecule has 3 fully saturated rings. The lowest BCUT2D eigenvalue weighted by Crippen LogP contribution is -2.45. The molecule has 0 radical (unpaired) electrons. The van der Waals surface area contributed by atoms with Gasteiger partial charge >= 0.3 is 0 Å². The minimum Gasteiger partial charge on any atom is -0.256 e. The van der Waals surface area contributed by atoms with Gasteiger partial charge < -0.3 is 0 Å². The summed E-state index contributed by atoms with van der Waals surface area (Å²) in [6, 6.07) is 10.5. The van der Waals surface area contributed by atoms with Gasteiger partial charge in [0.1, 0.15) is 5.82 Å². The molecule has 2 unspecified atom stereocenters. The minimum atomic E-state index is -3.16. The van der Waals surface area contributed by atoms with Gasteiger partial charge in [0.25, 0.3) is 0 Å². The fourth-order valence-electron chi connectivity index (χ4n) is 5.86. The lowest BCUT2D eigenvalue weighted by molar-refractivity contribution is 0.0769. The number of halogens is 1. The third kappa shape index (κ3) is 3.95. The highest BCUT2D eigenvalue weighted by atomic mass is 32.2. The van der Waals surface area contributed by atoms with Crippen molar-refractivity contribution in [1.29, 1.82) is 0 Å². The van der Waals surface area contributed by atoms with Crippen molar-refractivity contribution in [2.45, 2.75) is 38.1 Å². The number of hydrogen-bond acceptors (Lipinski definition) is 3. The average molecular weight is 433 g/mol. The van der Waals surface area contributed by atoms with Gasteiger partial charge in [-0.3, -0.25) is 4.98 Å². The maximum absolute atomic E-state index is 13.5. The molecule has 2 aliphatic carbocycles. The third-order valence-electron chi connectivity index (χ3n) is 7.21. The first-order valence-electron chi connectivity index (χ1n) is 10.9. The number of fused-ring (bicyclic) bond motifs is 2. The van der Waals surface area contributed by atoms with Gasteiger partial charge in [-0.25, -0.2) is 17.5 Å². The molecule has 2 aromatic rings. The van der Waals surface area contributed by atoms with E-state index in [4.69, 9.17) is 0 Å². The quantitative estimate of drug-likeness (QED) is 0.708. The maximum Gasteiger partial charge on any atom is 0.212 e. The molecule has 1 aromatic heterocycles. The van der Waals surface area contributed by atoms with Crippen molar-refractivity contribution >= 4 is 16.1 Å². The molecule has 164 valence electrons. The molecule has 4 nitrogen and oxygen atoms in total. The van der Waals surface area contributed by atoms with E-state index in [1.807, 2.05) is 24.3 Å². The van der Waals surface area contributed by atoms with E-state index >= 15 is 0 Å². The standard InChI is InChI=1S/C24H27FN2O2S.3H2/c25-19-6-3-5-16(12-19)18-8-9-20(26-14-18)10-11-22-21-7-2-1-4-17(21)13-24-23(22)15-30(28,29)27-24;;;/h3,5-6,8-12,14,17,21-24,27H,1-2,4,7,13,15H2;3*1H/b11-10+;;;/t17-,21?,22-,23?,24-;;;/m0.../s1. The molecule has 6 heteroatoms. The van der Waals surface area contributed by atoms with Crippen LogP contribution in [0.1, 0.15) is 42.1 Å². The predicted octanol–water partition coefficient (Wildman–Crippen LogP) is 5.38. The van der Waals surface area contributed by atoms with E-state index in [2.05, 4.69) is 15.8 Å². The van der Waals surface area contributed by atoms with Gasteiger partial charge in [0.15, 0.2) is 0 Å². The number of benzene rings is 1. The Labute approximate surface area is 182 Å². The van der Waals surface area contributed by atoms with Crippen LogP contribution in [0.25, 0.3) is 17.2 Å². The normalized spacial score (nSPS) is 32.6. The molecule has 30 heavy (non-hydrogen) atoms. The molecule has 2 saturated carbocycles. The SMILES string of the molecule is O=S1(=O)CC2[C@@H](/C=C/c3ccc(-c4cccc(F)c4)cn3)C3CCCC[C@H]3C[C@@H]2N1.[HH].[HH].[HH]. The first-order valence-corrected chi connectivity index (χ1v) is 12.5. The minimum absolute atomic E-state index is 0. The van der Waals surface area contributed by atoms with Gasteiger partial charge in [0.2, 0.25) is 10.0 Å². The molecule has 1 aliphatic heterocycles. The van der Waals surface area contributed by atoms with Gasteiger partial charge in [-0.05, 0) is 66.4 Å². The second-order valence-corrected chi connectivity index (χ2v) is 10.8. The number of pyridine rings is 1. The number of allylic oxidation sites excluding steroid dienone is 1. The highest BCUT2D eigenvalue weighted by Crippen LogP contribution is 2.49. The first kappa shape index (κ1) is 19.9. The van der Waals surface area contributed by atoms with Crippen LogP contribution in [0, 0.1) is 29.5 Å². The summed E-state index contributed by atoms with van der Waals surface area (Å²) in [4.78, 5) is 4.54. The topological polar surface area (TPSA) is 59.1 Å². The summed E-state index contributed by atoms with van der Waals surface area (Å²) >= 11 is 0. The summed E-state index contributed by atoms with van der Waals surface area (Å²) in [6.45, 7) is 0. The zero-order chi connectivity index (χ0) is 20.7. The Morgan fingerprint density at radius 2 is 1.97 bits per heavy atom. The van der Waals surface area contributed by atoms with Crippen LogP contribution in [0.5, 0.6) is 0 Å². The second-order valence-electron chi connectivity index (χ2n) is 9.03. The summed E-state index contributed by atoms with van der Waals surface area (Å²) < 4.78 is 40.9. The Morgan fingerprint density at radius 3 is 2.77 bits per heavy atom. The maximum atomic E-state index is 13.5. The summed E-state index contributed by atoms with van der Waals surface area (Å²) in [5.74, 6) is 1.57. The van der Waals surface area contributed by atoms with Crippen LogP contribution in [0.3, 0.4) is 0 Å². The molecule has 1 saturated heterocycles. The first-order chi connectivity index (χ1) is 14.5. The fraction of sp³-hybridized carbons (Fsp3) is 0.458. The molecule has 0 amide bonds. The summed E-state index contributed by atoms with van der Waals surface area (Å²) in [5, 5.41) is 0. The van der Waals surface area contributed by atoms with E-state index in [1.165, 1.54) is 37.8 Å². The smallest absolute Gasteiger partial charge is 0.212 e. The van der Waals surface area contributed by atoms with Crippen molar-refractivity contribution in [2.75, 3.05) is 5.75 Å². The molecule has 2 heterocycles. The van der Waals surface area contributed by atoms with Gasteiger partial charge in [-0.1, -0.05) is 43.5 Å². The third-order valence-corrected chi connectivity index (χ3v) is 8.69. The van der Waals surface area contributed by atoms with Crippen molar-refractivity contribution in [1.82, 2.24) is 9.71 Å². The van der Waals surface area contributed by atoms with Crippen molar-refractivity contribution < 1.29 is 17.1 Å². The molecular formula is C24H33FN2O2S. The Morgan fingerprint density at radius 1 is 1.10 bits per heavy atom. The Balaban J connectivity index is 0.00000128. The van der Waals surface area contributed by atoms with Crippen molar-refractivity contribution in [3.05, 3.63) is 60.2 Å². The van der Waals surface area contributed by atoms with Crippen molar-refractivity contribution in [2.24, 2.45) is 23.7 Å². The van der Waals surface area contributed by atoms with Gasteiger partial charge in [-0.15, -0.1) is 0 Å². The molecule has 1 N–H and O–H groups in total. The number of sulfonamides is 1. The number of nitrogens with one attached hydrogen (secondary N) is 1. The van der Waals surface area contributed by atoms with Gasteiger partial charge in [-0.2, -0.15) is 0 Å². The fourth-order valence-corrected chi connectivity index (χ4v) is 7.64. The Kier molecular flexibility index (Phi) is 5.23. The molecule has 3 aliphatic rings. The zero-order valence-corrected chi connectivity index (χ0v) is 17.7. The van der Waals surface area contributed by atoms with Crippen LogP contribution in [0.2, 0.25) is 0 Å². The Hall–Kier alpha value is -2.05. The summed E-state index contributed by atoms with van der Waals surface area (Å²) in [6.07, 6.45) is 11.9. The van der Waals surface area contributed by atoms with Crippen molar-refractivity contribution in [3.8, 4) is 11.1 Å². The molecule has 5 atom stereocenters. The number of nitrogens with zero attached hydrogens (tertiary/aromatic N) is 1. The number of hydrogen-bond donors (Lipinski definition) is 1. The van der Waals surface area contributed by atoms with Crippen molar-refractivity contribution in [3.63, 3.8) is 0 Å². The highest BCUT2D eigenvalue weighted by molar-refractivity contribution is 7.89. The molecule has 1 aromatic carbocycles. The van der Waals surface area contributed by atoms with Gasteiger partial charge in [0.05, 0.1) is 11.4 Å². The number of aromatic nitrogens is 1. The van der Waals surface area contributed by atoms with E-state index in [-0.39, 0.29) is 33.7 Å². The van der Waals surface area contributed by atoms with E-state index in [1.54, 1.807) is 12.3 Å². The van der Waals surface area contributed by atoms with Crippen LogP contribution >= 0.6 is 0 Å². The van der Waals surface area contributed by atoms with Crippen LogP contribution in [0.15, 0.2) is 48.7 Å². The Bertz CT molecular complexity index is 1070. The lowest BCUT2D eigenvalue weighted by atomic mass is 9.60. The molecular weight excluding hydrogens is 399 g/mol. The predicted molar refractivity (Wildman–Crippen MR) is 123 cm³/mol. The lowest BCUT2D eigenvalue weighted by Gasteiger charge is -2.45. The summed E-state index contributed by atoms with van der Waals surface area (Å²) in [7, 11) is -3.16. The summed E-state index contributed by atoms with van der Waals surface area (Å²) in [5.41, 5.74) is 2.53. The number of rotatable bonds is 3. The molecule has 0 spiro atoms. The van der Waals surface area contributed by atoms with Crippen LogP contribution < -0.4 is 4.72 Å². The average Bonchev–Trinajstić information content (AvgIpc) is 3.05. The highest BCUT2D eigenvalue weighted by Gasteiger charge is 2.49. The largest absolute Gasteiger partial charge is 0.256 e. The van der Waals surface area contributed by atoms with E-state index in [0.29, 0.717) is 11.8 Å².